The van der Waals surface area contributed by atoms with Crippen LogP contribution in [-0.2, 0) is 16.8 Å². The average molecular weight is 486 g/mol. The molecule has 2 aromatic rings. The highest BCUT2D eigenvalue weighted by atomic mass is 16.2. The van der Waals surface area contributed by atoms with Crippen LogP contribution >= 0.6 is 0 Å². The van der Waals surface area contributed by atoms with Gasteiger partial charge in [-0.25, -0.2) is 0 Å². The molecule has 2 aromatic carbocycles. The number of nitrogens with zero attached hydrogens (tertiary/aromatic N) is 2. The van der Waals surface area contributed by atoms with E-state index in [4.69, 9.17) is 0 Å². The van der Waals surface area contributed by atoms with E-state index >= 15 is 0 Å². The zero-order valence-corrected chi connectivity index (χ0v) is 22.2. The molecule has 2 saturated heterocycles. The standard InChI is InChI=1S/C32H43N3O/c1-23-13-14-28-27(17-23)20-34(2)22-32(28)21-33-19-29(32)31(36)35-16-15-26(24-9-5-3-6-10-24)18-30(35)25-11-7-4-8-12-25/h3,5-6,9-10,13-14,17,25-26,29-30,33H,4,7-8,11-12,15-16,18-22H2,1-2H3/t26-,29?,30+,32-/m1/s1. The number of hydrogen-bond donors (Lipinski definition) is 1. The van der Waals surface area contributed by atoms with E-state index in [1.54, 1.807) is 0 Å². The first-order valence-corrected chi connectivity index (χ1v) is 14.4. The summed E-state index contributed by atoms with van der Waals surface area (Å²) < 4.78 is 0. The smallest absolute Gasteiger partial charge is 0.228 e. The lowest BCUT2D eigenvalue weighted by Gasteiger charge is -2.49. The lowest BCUT2D eigenvalue weighted by Crippen LogP contribution is -2.57. The van der Waals surface area contributed by atoms with Gasteiger partial charge in [-0.3, -0.25) is 4.79 Å². The molecule has 1 amide bonds. The van der Waals surface area contributed by atoms with Crippen molar-refractivity contribution in [2.24, 2.45) is 11.8 Å². The molecule has 36 heavy (non-hydrogen) atoms. The molecule has 0 aromatic heterocycles. The van der Waals surface area contributed by atoms with E-state index in [9.17, 15) is 4.79 Å². The summed E-state index contributed by atoms with van der Waals surface area (Å²) >= 11 is 0. The monoisotopic (exact) mass is 485 g/mol. The van der Waals surface area contributed by atoms with Crippen LogP contribution in [0.15, 0.2) is 48.5 Å². The van der Waals surface area contributed by atoms with Crippen LogP contribution in [0.25, 0.3) is 0 Å². The number of amides is 1. The second kappa shape index (κ2) is 9.95. The number of benzene rings is 2. The van der Waals surface area contributed by atoms with Crippen LogP contribution in [0.4, 0.5) is 0 Å². The van der Waals surface area contributed by atoms with E-state index in [2.05, 4.69) is 77.6 Å². The zero-order chi connectivity index (χ0) is 24.7. The third kappa shape index (κ3) is 4.31. The highest BCUT2D eigenvalue weighted by molar-refractivity contribution is 5.82. The van der Waals surface area contributed by atoms with Gasteiger partial charge in [-0.2, -0.15) is 0 Å². The molecule has 4 atom stereocenters. The van der Waals surface area contributed by atoms with Crippen molar-refractivity contribution in [3.63, 3.8) is 0 Å². The summed E-state index contributed by atoms with van der Waals surface area (Å²) in [5, 5.41) is 3.68. The van der Waals surface area contributed by atoms with Gasteiger partial charge in [-0.1, -0.05) is 73.4 Å². The number of nitrogens with one attached hydrogen (secondary N) is 1. The molecule has 1 spiro atoms. The van der Waals surface area contributed by atoms with Crippen molar-refractivity contribution in [2.45, 2.75) is 75.8 Å². The Labute approximate surface area is 217 Å². The maximum atomic E-state index is 14.6. The predicted octanol–water partition coefficient (Wildman–Crippen LogP) is 5.25. The van der Waals surface area contributed by atoms with Gasteiger partial charge in [0.25, 0.3) is 0 Å². The van der Waals surface area contributed by atoms with E-state index in [0.29, 0.717) is 23.8 Å². The van der Waals surface area contributed by atoms with Crippen molar-refractivity contribution >= 4 is 5.91 Å². The van der Waals surface area contributed by atoms with Crippen molar-refractivity contribution in [3.8, 4) is 0 Å². The minimum Gasteiger partial charge on any atom is -0.339 e. The Morgan fingerprint density at radius 1 is 1.03 bits per heavy atom. The van der Waals surface area contributed by atoms with Crippen molar-refractivity contribution < 1.29 is 4.79 Å². The van der Waals surface area contributed by atoms with Crippen molar-refractivity contribution in [1.29, 1.82) is 0 Å². The molecule has 1 aliphatic carbocycles. The minimum absolute atomic E-state index is 0.0149. The molecule has 4 nitrogen and oxygen atoms in total. The summed E-state index contributed by atoms with van der Waals surface area (Å²) in [6.07, 6.45) is 8.80. The number of hydrogen-bond acceptors (Lipinski definition) is 3. The molecule has 0 radical (unpaired) electrons. The number of carbonyl (C=O) groups is 1. The summed E-state index contributed by atoms with van der Waals surface area (Å²) in [5.41, 5.74) is 5.48. The third-order valence-electron chi connectivity index (χ3n) is 9.94. The Bertz CT molecular complexity index is 1080. The number of aryl methyl sites for hydroxylation is 1. The van der Waals surface area contributed by atoms with Crippen LogP contribution in [-0.4, -0.2) is 55.0 Å². The lowest BCUT2D eigenvalue weighted by atomic mass is 9.67. The van der Waals surface area contributed by atoms with Gasteiger partial charge in [0.15, 0.2) is 0 Å². The Kier molecular flexibility index (Phi) is 6.68. The van der Waals surface area contributed by atoms with Gasteiger partial charge in [-0.05, 0) is 68.2 Å². The minimum atomic E-state index is -0.124. The molecule has 192 valence electrons. The maximum Gasteiger partial charge on any atom is 0.228 e. The van der Waals surface area contributed by atoms with Crippen LogP contribution in [0.1, 0.15) is 73.1 Å². The predicted molar refractivity (Wildman–Crippen MR) is 146 cm³/mol. The summed E-state index contributed by atoms with van der Waals surface area (Å²) in [4.78, 5) is 19.4. The van der Waals surface area contributed by atoms with Crippen LogP contribution < -0.4 is 5.32 Å². The zero-order valence-electron chi connectivity index (χ0n) is 22.2. The van der Waals surface area contributed by atoms with Gasteiger partial charge in [0.1, 0.15) is 0 Å². The number of likely N-dealkylation sites (N-methyl/N-ethyl adjacent to an activating group) is 1. The average Bonchev–Trinajstić information content (AvgIpc) is 3.32. The number of likely N-dealkylation sites (tertiary alicyclic amines) is 1. The molecule has 1 saturated carbocycles. The fourth-order valence-corrected chi connectivity index (χ4v) is 8.25. The maximum absolute atomic E-state index is 14.6. The van der Waals surface area contributed by atoms with E-state index in [1.165, 1.54) is 54.4 Å². The van der Waals surface area contributed by atoms with E-state index in [0.717, 1.165) is 45.6 Å². The van der Waals surface area contributed by atoms with Crippen LogP contribution in [0.3, 0.4) is 0 Å². The first-order valence-electron chi connectivity index (χ1n) is 14.4. The van der Waals surface area contributed by atoms with Gasteiger partial charge >= 0.3 is 0 Å². The van der Waals surface area contributed by atoms with Gasteiger partial charge in [0.2, 0.25) is 5.91 Å². The van der Waals surface area contributed by atoms with Gasteiger partial charge in [0.05, 0.1) is 5.92 Å². The number of rotatable bonds is 3. The van der Waals surface area contributed by atoms with E-state index in [-0.39, 0.29) is 11.3 Å². The highest BCUT2D eigenvalue weighted by Crippen LogP contribution is 2.45. The SMILES string of the molecule is Cc1ccc2c(c1)CN(C)C[C@]21CNCC1C(=O)N1CC[C@@H](c2ccccc2)C[C@H]1C1CCCCC1. The molecule has 3 fully saturated rings. The molecule has 1 unspecified atom stereocenters. The van der Waals surface area contributed by atoms with E-state index in [1.807, 2.05) is 0 Å². The summed E-state index contributed by atoms with van der Waals surface area (Å²) in [6, 6.07) is 18.4. The highest BCUT2D eigenvalue weighted by Gasteiger charge is 2.53. The fourth-order valence-electron chi connectivity index (χ4n) is 8.25. The Hall–Kier alpha value is -2.17. The molecule has 4 heteroatoms. The topological polar surface area (TPSA) is 35.6 Å². The normalized spacial score (nSPS) is 31.5. The molecule has 0 bridgehead atoms. The fraction of sp³-hybridized carbons (Fsp3) is 0.594. The van der Waals surface area contributed by atoms with E-state index < -0.39 is 0 Å². The summed E-state index contributed by atoms with van der Waals surface area (Å²) in [6.45, 7) is 6.73. The number of carbonyl (C=O) groups excluding carboxylic acids is 1. The van der Waals surface area contributed by atoms with Crippen LogP contribution in [0, 0.1) is 18.8 Å². The lowest BCUT2D eigenvalue weighted by molar-refractivity contribution is -0.143. The first-order chi connectivity index (χ1) is 17.5. The van der Waals surface area contributed by atoms with Gasteiger partial charge in [0, 0.05) is 44.2 Å². The molecular weight excluding hydrogens is 442 g/mol. The molecule has 1 N–H and O–H groups in total. The van der Waals surface area contributed by atoms with Crippen molar-refractivity contribution in [2.75, 3.05) is 33.2 Å². The Balaban J connectivity index is 1.32. The molecule has 4 aliphatic rings. The van der Waals surface area contributed by atoms with Gasteiger partial charge in [-0.15, -0.1) is 0 Å². The molecule has 3 heterocycles. The molecular formula is C32H43N3O. The van der Waals surface area contributed by atoms with Crippen LogP contribution in [0.2, 0.25) is 0 Å². The van der Waals surface area contributed by atoms with Gasteiger partial charge < -0.3 is 15.1 Å². The Morgan fingerprint density at radius 3 is 2.64 bits per heavy atom. The number of piperidine rings is 1. The largest absolute Gasteiger partial charge is 0.339 e. The first kappa shape index (κ1) is 24.2. The van der Waals surface area contributed by atoms with Crippen LogP contribution in [0.5, 0.6) is 0 Å². The third-order valence-corrected chi connectivity index (χ3v) is 9.94. The van der Waals surface area contributed by atoms with Crippen molar-refractivity contribution in [3.05, 3.63) is 70.8 Å². The Morgan fingerprint density at radius 2 is 1.83 bits per heavy atom. The summed E-state index contributed by atoms with van der Waals surface area (Å²) in [5.74, 6) is 1.66. The quantitative estimate of drug-likeness (QED) is 0.645. The second-order valence-corrected chi connectivity index (χ2v) is 12.3. The number of fused-ring (bicyclic) bond motifs is 2. The molecule has 3 aliphatic heterocycles. The molecule has 6 rings (SSSR count). The van der Waals surface area contributed by atoms with Crippen molar-refractivity contribution in [1.82, 2.24) is 15.1 Å². The summed E-state index contributed by atoms with van der Waals surface area (Å²) in [7, 11) is 2.23. The second-order valence-electron chi connectivity index (χ2n) is 12.3.